The summed E-state index contributed by atoms with van der Waals surface area (Å²) in [4.78, 5) is 19.6. The number of piperazine rings is 1. The number of ether oxygens (including phenoxy) is 1. The molecule has 154 valence electrons. The minimum Gasteiger partial charge on any atom is -0.497 e. The number of aromatic nitrogens is 2. The van der Waals surface area contributed by atoms with Crippen molar-refractivity contribution in [3.8, 4) is 5.75 Å². The number of benzene rings is 1. The highest BCUT2D eigenvalue weighted by atomic mass is 16.5. The number of aryl methyl sites for hydroxylation is 1. The lowest BCUT2D eigenvalue weighted by molar-refractivity contribution is -0.136. The van der Waals surface area contributed by atoms with Gasteiger partial charge in [0.1, 0.15) is 5.75 Å². The summed E-state index contributed by atoms with van der Waals surface area (Å²) in [5.74, 6) is 2.21. The van der Waals surface area contributed by atoms with Crippen LogP contribution < -0.4 is 14.5 Å². The van der Waals surface area contributed by atoms with Crippen LogP contribution in [-0.2, 0) is 4.79 Å². The van der Waals surface area contributed by atoms with Crippen LogP contribution >= 0.6 is 0 Å². The molecule has 1 amide bonds. The maximum absolute atomic E-state index is 13.0. The quantitative estimate of drug-likeness (QED) is 0.792. The molecule has 3 heterocycles. The summed E-state index contributed by atoms with van der Waals surface area (Å²) in [6.07, 6.45) is 1.76. The number of nitrogens with zero attached hydrogens (tertiary/aromatic N) is 5. The molecule has 0 radical (unpaired) electrons. The number of rotatable bonds is 4. The second-order valence-corrected chi connectivity index (χ2v) is 7.80. The van der Waals surface area contributed by atoms with E-state index in [9.17, 15) is 4.79 Å². The highest BCUT2D eigenvalue weighted by Crippen LogP contribution is 2.25. The molecule has 0 bridgehead atoms. The molecule has 7 heteroatoms. The molecule has 2 aliphatic rings. The number of anilines is 2. The van der Waals surface area contributed by atoms with Crippen molar-refractivity contribution in [2.75, 3.05) is 56.2 Å². The van der Waals surface area contributed by atoms with Gasteiger partial charge in [-0.2, -0.15) is 5.10 Å². The van der Waals surface area contributed by atoms with Gasteiger partial charge < -0.3 is 19.4 Å². The molecular formula is C22H29N5O2. The van der Waals surface area contributed by atoms with Gasteiger partial charge in [0.2, 0.25) is 5.91 Å². The van der Waals surface area contributed by atoms with Crippen LogP contribution in [0, 0.1) is 12.8 Å². The van der Waals surface area contributed by atoms with Crippen LogP contribution in [0.3, 0.4) is 0 Å². The third-order valence-corrected chi connectivity index (χ3v) is 5.98. The molecule has 0 spiro atoms. The smallest absolute Gasteiger partial charge is 0.225 e. The minimum absolute atomic E-state index is 0.122. The van der Waals surface area contributed by atoms with Gasteiger partial charge in [-0.1, -0.05) is 0 Å². The molecule has 7 nitrogen and oxygen atoms in total. The van der Waals surface area contributed by atoms with Gasteiger partial charge in [-0.15, -0.1) is 5.10 Å². The SMILES string of the molecule is COc1ccc(N2CCN(C(=O)C3CCN(c4ccc(C)nn4)CC3)CC2)cc1. The highest BCUT2D eigenvalue weighted by Gasteiger charge is 2.30. The number of carbonyl (C=O) groups is 1. The van der Waals surface area contributed by atoms with Crippen molar-refractivity contribution in [3.63, 3.8) is 0 Å². The monoisotopic (exact) mass is 395 g/mol. The van der Waals surface area contributed by atoms with Gasteiger partial charge in [-0.05, 0) is 56.2 Å². The average molecular weight is 396 g/mol. The summed E-state index contributed by atoms with van der Waals surface area (Å²) in [6, 6.07) is 12.1. The summed E-state index contributed by atoms with van der Waals surface area (Å²) < 4.78 is 5.23. The second-order valence-electron chi connectivity index (χ2n) is 7.80. The summed E-state index contributed by atoms with van der Waals surface area (Å²) in [5, 5.41) is 8.42. The van der Waals surface area contributed by atoms with E-state index in [1.54, 1.807) is 7.11 Å². The lowest BCUT2D eigenvalue weighted by Gasteiger charge is -2.39. The topological polar surface area (TPSA) is 61.8 Å². The van der Waals surface area contributed by atoms with E-state index in [-0.39, 0.29) is 5.92 Å². The number of carbonyl (C=O) groups excluding carboxylic acids is 1. The molecule has 0 saturated carbocycles. The zero-order valence-corrected chi connectivity index (χ0v) is 17.3. The third-order valence-electron chi connectivity index (χ3n) is 5.98. The predicted octanol–water partition coefficient (Wildman–Crippen LogP) is 2.36. The van der Waals surface area contributed by atoms with Crippen LogP contribution in [0.5, 0.6) is 5.75 Å². The number of amides is 1. The molecule has 1 aromatic heterocycles. The predicted molar refractivity (Wildman–Crippen MR) is 113 cm³/mol. The first-order valence-corrected chi connectivity index (χ1v) is 10.4. The Morgan fingerprint density at radius 2 is 1.59 bits per heavy atom. The van der Waals surface area contributed by atoms with Gasteiger partial charge in [0.05, 0.1) is 12.8 Å². The van der Waals surface area contributed by atoms with Crippen molar-refractivity contribution in [2.24, 2.45) is 5.92 Å². The Hall–Kier alpha value is -2.83. The lowest BCUT2D eigenvalue weighted by Crippen LogP contribution is -2.51. The molecule has 2 aromatic rings. The van der Waals surface area contributed by atoms with E-state index in [1.807, 2.05) is 36.1 Å². The maximum atomic E-state index is 13.0. The Balaban J connectivity index is 1.27. The van der Waals surface area contributed by atoms with Crippen molar-refractivity contribution in [1.29, 1.82) is 0 Å². The fourth-order valence-corrected chi connectivity index (χ4v) is 4.15. The largest absolute Gasteiger partial charge is 0.497 e. The number of hydrogen-bond acceptors (Lipinski definition) is 6. The molecule has 4 rings (SSSR count). The fourth-order valence-electron chi connectivity index (χ4n) is 4.15. The number of piperidine rings is 1. The summed E-state index contributed by atoms with van der Waals surface area (Å²) in [6.45, 7) is 6.98. The van der Waals surface area contributed by atoms with Crippen LogP contribution in [0.4, 0.5) is 11.5 Å². The average Bonchev–Trinajstić information content (AvgIpc) is 2.79. The van der Waals surface area contributed by atoms with Crippen LogP contribution in [0.2, 0.25) is 0 Å². The van der Waals surface area contributed by atoms with E-state index in [0.29, 0.717) is 5.91 Å². The first-order valence-electron chi connectivity index (χ1n) is 10.4. The third kappa shape index (κ3) is 4.44. The molecular weight excluding hydrogens is 366 g/mol. The van der Waals surface area contributed by atoms with Crippen molar-refractivity contribution in [2.45, 2.75) is 19.8 Å². The summed E-state index contributed by atoms with van der Waals surface area (Å²) in [7, 11) is 1.68. The number of hydrogen-bond donors (Lipinski definition) is 0. The maximum Gasteiger partial charge on any atom is 0.225 e. The van der Waals surface area contributed by atoms with Crippen molar-refractivity contribution >= 4 is 17.4 Å². The molecule has 2 saturated heterocycles. The first kappa shape index (κ1) is 19.5. The molecule has 29 heavy (non-hydrogen) atoms. The molecule has 0 unspecified atom stereocenters. The Labute approximate surface area is 172 Å². The molecule has 0 atom stereocenters. The van der Waals surface area contributed by atoms with Gasteiger partial charge >= 0.3 is 0 Å². The minimum atomic E-state index is 0.122. The number of methoxy groups -OCH3 is 1. The molecule has 1 aromatic carbocycles. The van der Waals surface area contributed by atoms with E-state index in [4.69, 9.17) is 4.74 Å². The van der Waals surface area contributed by atoms with E-state index >= 15 is 0 Å². The summed E-state index contributed by atoms with van der Waals surface area (Å²) in [5.41, 5.74) is 2.11. The molecule has 0 aliphatic carbocycles. The fraction of sp³-hybridized carbons (Fsp3) is 0.500. The van der Waals surface area contributed by atoms with Crippen molar-refractivity contribution in [3.05, 3.63) is 42.1 Å². The van der Waals surface area contributed by atoms with Crippen molar-refractivity contribution in [1.82, 2.24) is 15.1 Å². The van der Waals surface area contributed by atoms with Gasteiger partial charge in [-0.3, -0.25) is 4.79 Å². The Morgan fingerprint density at radius 1 is 0.897 bits per heavy atom. The molecule has 2 fully saturated rings. The molecule has 0 N–H and O–H groups in total. The zero-order chi connectivity index (χ0) is 20.2. The zero-order valence-electron chi connectivity index (χ0n) is 17.3. The van der Waals surface area contributed by atoms with Gasteiger partial charge in [0.25, 0.3) is 0 Å². The van der Waals surface area contributed by atoms with E-state index in [1.165, 1.54) is 5.69 Å². The van der Waals surface area contributed by atoms with E-state index in [2.05, 4.69) is 32.1 Å². The van der Waals surface area contributed by atoms with Crippen molar-refractivity contribution < 1.29 is 9.53 Å². The van der Waals surface area contributed by atoms with E-state index in [0.717, 1.165) is 69.4 Å². The first-order chi connectivity index (χ1) is 14.1. The van der Waals surface area contributed by atoms with Crippen LogP contribution in [-0.4, -0.2) is 67.4 Å². The molecule has 2 aliphatic heterocycles. The summed E-state index contributed by atoms with van der Waals surface area (Å²) >= 11 is 0. The standard InChI is InChI=1S/C22H29N5O2/c1-17-3-8-21(24-23-17)26-11-9-18(10-12-26)22(28)27-15-13-25(14-16-27)19-4-6-20(29-2)7-5-19/h3-8,18H,9-16H2,1-2H3. The second kappa shape index (κ2) is 8.68. The van der Waals surface area contributed by atoms with Crippen LogP contribution in [0.15, 0.2) is 36.4 Å². The Kier molecular flexibility index (Phi) is 5.83. The Morgan fingerprint density at radius 3 is 2.17 bits per heavy atom. The Bertz CT molecular complexity index is 808. The van der Waals surface area contributed by atoms with E-state index < -0.39 is 0 Å². The van der Waals surface area contributed by atoms with Crippen LogP contribution in [0.1, 0.15) is 18.5 Å². The normalized spacial score (nSPS) is 18.1. The van der Waals surface area contributed by atoms with Gasteiger partial charge in [-0.25, -0.2) is 0 Å². The van der Waals surface area contributed by atoms with Gasteiger partial charge in [0.15, 0.2) is 5.82 Å². The lowest BCUT2D eigenvalue weighted by atomic mass is 9.95. The van der Waals surface area contributed by atoms with Crippen LogP contribution in [0.25, 0.3) is 0 Å². The highest BCUT2D eigenvalue weighted by molar-refractivity contribution is 5.79. The van der Waals surface area contributed by atoms with Gasteiger partial charge in [0, 0.05) is 50.9 Å².